The molecule has 1 aliphatic carbocycles. The van der Waals surface area contributed by atoms with Gasteiger partial charge >= 0.3 is 0 Å². The van der Waals surface area contributed by atoms with Crippen LogP contribution < -0.4 is 10.6 Å². The first kappa shape index (κ1) is 17.5. The molecule has 2 unspecified atom stereocenters. The van der Waals surface area contributed by atoms with E-state index in [9.17, 15) is 9.59 Å². The Kier molecular flexibility index (Phi) is 4.48. The van der Waals surface area contributed by atoms with E-state index in [4.69, 9.17) is 9.47 Å². The molecule has 3 heterocycles. The minimum absolute atomic E-state index is 0.0601. The van der Waals surface area contributed by atoms with Crippen LogP contribution in [-0.4, -0.2) is 53.5 Å². The number of aromatic nitrogens is 2. The summed E-state index contributed by atoms with van der Waals surface area (Å²) in [5, 5.41) is 10.4. The molecule has 1 saturated carbocycles. The van der Waals surface area contributed by atoms with Gasteiger partial charge in [0.15, 0.2) is 0 Å². The highest BCUT2D eigenvalue weighted by Crippen LogP contribution is 2.50. The molecule has 1 aromatic rings. The zero-order valence-electron chi connectivity index (χ0n) is 15.4. The van der Waals surface area contributed by atoms with Crippen molar-refractivity contribution in [1.82, 2.24) is 20.4 Å². The van der Waals surface area contributed by atoms with Crippen LogP contribution in [0.2, 0.25) is 0 Å². The van der Waals surface area contributed by atoms with E-state index in [0.717, 1.165) is 11.3 Å². The van der Waals surface area contributed by atoms with Gasteiger partial charge in [-0.25, -0.2) is 0 Å². The van der Waals surface area contributed by atoms with E-state index in [1.54, 1.807) is 11.7 Å². The Morgan fingerprint density at radius 3 is 2.73 bits per heavy atom. The van der Waals surface area contributed by atoms with Crippen molar-refractivity contribution < 1.29 is 19.1 Å². The number of nitrogens with one attached hydrogen (secondary N) is 2. The molecule has 2 N–H and O–H groups in total. The molecule has 2 amide bonds. The minimum atomic E-state index is -0.143. The van der Waals surface area contributed by atoms with Crippen LogP contribution in [0.3, 0.4) is 0 Å². The average molecular weight is 362 g/mol. The van der Waals surface area contributed by atoms with E-state index in [0.29, 0.717) is 50.3 Å². The third-order valence-corrected chi connectivity index (χ3v) is 5.51. The summed E-state index contributed by atoms with van der Waals surface area (Å²) in [7, 11) is 1.78. The molecule has 0 aromatic carbocycles. The van der Waals surface area contributed by atoms with Gasteiger partial charge in [0.25, 0.3) is 5.91 Å². The molecule has 4 rings (SSSR count). The smallest absolute Gasteiger partial charge is 0.270 e. The van der Waals surface area contributed by atoms with Gasteiger partial charge in [0.05, 0.1) is 31.6 Å². The summed E-state index contributed by atoms with van der Waals surface area (Å²) in [6.07, 6.45) is 0.432. The molecular formula is C18H26N4O4. The van der Waals surface area contributed by atoms with Crippen LogP contribution in [0.25, 0.3) is 0 Å². The quantitative estimate of drug-likeness (QED) is 0.769. The number of carbonyl (C=O) groups excluding carboxylic acids is 2. The summed E-state index contributed by atoms with van der Waals surface area (Å²) in [6.45, 7) is 6.09. The first-order chi connectivity index (χ1) is 12.5. The summed E-state index contributed by atoms with van der Waals surface area (Å²) >= 11 is 0. The molecular weight excluding hydrogens is 336 g/mol. The van der Waals surface area contributed by atoms with Gasteiger partial charge in [0, 0.05) is 37.5 Å². The van der Waals surface area contributed by atoms with Crippen molar-refractivity contribution in [3.63, 3.8) is 0 Å². The van der Waals surface area contributed by atoms with Crippen LogP contribution in [0, 0.1) is 17.8 Å². The lowest BCUT2D eigenvalue weighted by molar-refractivity contribution is -0.124. The lowest BCUT2D eigenvalue weighted by Gasteiger charge is -2.23. The van der Waals surface area contributed by atoms with E-state index in [2.05, 4.69) is 15.7 Å². The van der Waals surface area contributed by atoms with Crippen LogP contribution in [0.15, 0.2) is 0 Å². The van der Waals surface area contributed by atoms with Crippen molar-refractivity contribution >= 4 is 11.8 Å². The highest BCUT2D eigenvalue weighted by molar-refractivity contribution is 5.94. The van der Waals surface area contributed by atoms with E-state index in [1.807, 2.05) is 13.8 Å². The first-order valence-corrected chi connectivity index (χ1v) is 9.28. The molecule has 0 radical (unpaired) electrons. The van der Waals surface area contributed by atoms with Gasteiger partial charge in [-0.3, -0.25) is 14.3 Å². The molecule has 1 saturated heterocycles. The summed E-state index contributed by atoms with van der Waals surface area (Å²) in [4.78, 5) is 24.8. The van der Waals surface area contributed by atoms with Crippen molar-refractivity contribution in [3.8, 4) is 0 Å². The van der Waals surface area contributed by atoms with Crippen molar-refractivity contribution in [3.05, 3.63) is 17.0 Å². The van der Waals surface area contributed by atoms with Crippen LogP contribution in [0.4, 0.5) is 0 Å². The maximum atomic E-state index is 12.5. The van der Waals surface area contributed by atoms with Crippen LogP contribution in [0.5, 0.6) is 0 Å². The number of rotatable bonds is 5. The summed E-state index contributed by atoms with van der Waals surface area (Å²) in [5.74, 6) is 0.888. The predicted octanol–water partition coefficient (Wildman–Crippen LogP) is 0.00820. The molecule has 0 bridgehead atoms. The predicted molar refractivity (Wildman–Crippen MR) is 92.4 cm³/mol. The zero-order valence-corrected chi connectivity index (χ0v) is 15.4. The molecule has 1 aromatic heterocycles. The number of nitrogens with zero attached hydrogens (tertiary/aromatic N) is 2. The van der Waals surface area contributed by atoms with Crippen molar-refractivity contribution in [2.45, 2.75) is 39.0 Å². The Morgan fingerprint density at radius 1 is 1.31 bits per heavy atom. The maximum absolute atomic E-state index is 12.5. The summed E-state index contributed by atoms with van der Waals surface area (Å²) < 4.78 is 12.8. The molecule has 0 spiro atoms. The van der Waals surface area contributed by atoms with Crippen molar-refractivity contribution in [1.29, 1.82) is 0 Å². The molecule has 8 nitrogen and oxygen atoms in total. The number of carbonyl (C=O) groups is 2. The normalized spacial score (nSPS) is 29.2. The Labute approximate surface area is 152 Å². The second-order valence-electron chi connectivity index (χ2n) is 7.80. The Hall–Kier alpha value is -1.93. The Balaban J connectivity index is 1.38. The highest BCUT2D eigenvalue weighted by Gasteiger charge is 2.57. The molecule has 2 fully saturated rings. The van der Waals surface area contributed by atoms with Gasteiger partial charge in [0.2, 0.25) is 5.91 Å². The third-order valence-electron chi connectivity index (χ3n) is 5.51. The second-order valence-corrected chi connectivity index (χ2v) is 7.80. The standard InChI is InChI=1S/C18H26N4O4/c1-9(2)20-18(24)16-11-4-10(26-8-14(11)21-22(16)3)5-19-17(23)15-12-6-25-7-13(12)15/h9-10,12-13,15H,4-8H2,1-3H3,(H,19,23)(H,20,24)/t10?,12-,13+,15?. The molecule has 2 aliphatic heterocycles. The Bertz CT molecular complexity index is 719. The van der Waals surface area contributed by atoms with Crippen LogP contribution in [0.1, 0.15) is 35.6 Å². The largest absolute Gasteiger partial charge is 0.381 e. The lowest BCUT2D eigenvalue weighted by Crippen LogP contribution is -2.39. The van der Waals surface area contributed by atoms with Gasteiger partial charge in [-0.2, -0.15) is 5.10 Å². The number of hydrogen-bond donors (Lipinski definition) is 2. The third kappa shape index (κ3) is 3.12. The fourth-order valence-corrected chi connectivity index (χ4v) is 4.14. The van der Waals surface area contributed by atoms with Gasteiger partial charge in [-0.05, 0) is 25.7 Å². The topological polar surface area (TPSA) is 94.5 Å². The van der Waals surface area contributed by atoms with E-state index in [1.165, 1.54) is 0 Å². The fourth-order valence-electron chi connectivity index (χ4n) is 4.14. The number of amides is 2. The van der Waals surface area contributed by atoms with E-state index in [-0.39, 0.29) is 29.9 Å². The SMILES string of the molecule is CC(C)NC(=O)c1c2c(nn1C)COC(CNC(=O)C1[C@H]3COC[C@@H]13)C2. The van der Waals surface area contributed by atoms with Gasteiger partial charge in [0.1, 0.15) is 5.69 Å². The molecule has 4 atom stereocenters. The maximum Gasteiger partial charge on any atom is 0.270 e. The van der Waals surface area contributed by atoms with E-state index >= 15 is 0 Å². The molecule has 142 valence electrons. The Morgan fingerprint density at radius 2 is 2.04 bits per heavy atom. The van der Waals surface area contributed by atoms with Gasteiger partial charge < -0.3 is 20.1 Å². The average Bonchev–Trinajstić information content (AvgIpc) is 2.91. The number of fused-ring (bicyclic) bond motifs is 2. The first-order valence-electron chi connectivity index (χ1n) is 9.28. The number of hydrogen-bond acceptors (Lipinski definition) is 5. The van der Waals surface area contributed by atoms with Crippen LogP contribution in [-0.2, 0) is 34.3 Å². The van der Waals surface area contributed by atoms with Gasteiger partial charge in [-0.15, -0.1) is 0 Å². The summed E-state index contributed by atoms with van der Waals surface area (Å²) in [6, 6.07) is 0.0601. The minimum Gasteiger partial charge on any atom is -0.381 e. The molecule has 8 heteroatoms. The van der Waals surface area contributed by atoms with Gasteiger partial charge in [-0.1, -0.05) is 0 Å². The number of aryl methyl sites for hydroxylation is 1. The summed E-state index contributed by atoms with van der Waals surface area (Å²) in [5.41, 5.74) is 2.31. The highest BCUT2D eigenvalue weighted by atomic mass is 16.5. The monoisotopic (exact) mass is 362 g/mol. The number of ether oxygens (including phenoxy) is 2. The fraction of sp³-hybridized carbons (Fsp3) is 0.722. The van der Waals surface area contributed by atoms with Crippen molar-refractivity contribution in [2.75, 3.05) is 19.8 Å². The van der Waals surface area contributed by atoms with Crippen LogP contribution >= 0.6 is 0 Å². The lowest BCUT2D eigenvalue weighted by atomic mass is 10.0. The molecule has 3 aliphatic rings. The van der Waals surface area contributed by atoms with Crippen molar-refractivity contribution in [2.24, 2.45) is 24.8 Å². The van der Waals surface area contributed by atoms with E-state index < -0.39 is 0 Å². The molecule has 26 heavy (non-hydrogen) atoms. The zero-order chi connectivity index (χ0) is 18.4. The second kappa shape index (κ2) is 6.66.